The topological polar surface area (TPSA) is 75.7 Å². The number of piperidine rings is 2. The Morgan fingerprint density at radius 3 is 2.68 bits per heavy atom. The second-order valence-electron chi connectivity index (χ2n) is 7.01. The first-order valence-electron chi connectivity index (χ1n) is 8.92. The first-order chi connectivity index (χ1) is 12.0. The highest BCUT2D eigenvalue weighted by atomic mass is 32.2. The molecule has 2 fully saturated rings. The SMILES string of the molecule is CN1CCC(C(=O)c2cccc(OS(=O)(=O)C3CCCNC3)c2)CC1. The van der Waals surface area contributed by atoms with Crippen LogP contribution in [0.25, 0.3) is 0 Å². The van der Waals surface area contributed by atoms with E-state index in [1.165, 1.54) is 0 Å². The summed E-state index contributed by atoms with van der Waals surface area (Å²) in [6, 6.07) is 6.59. The monoisotopic (exact) mass is 366 g/mol. The minimum atomic E-state index is -3.69. The second-order valence-corrected chi connectivity index (χ2v) is 8.83. The molecule has 0 saturated carbocycles. The van der Waals surface area contributed by atoms with Gasteiger partial charge >= 0.3 is 10.1 Å². The Hall–Kier alpha value is -1.44. The molecule has 2 saturated heterocycles. The highest BCUT2D eigenvalue weighted by Crippen LogP contribution is 2.25. The van der Waals surface area contributed by atoms with Crippen LogP contribution in [0, 0.1) is 5.92 Å². The van der Waals surface area contributed by atoms with Gasteiger partial charge in [0.05, 0.1) is 0 Å². The van der Waals surface area contributed by atoms with Crippen molar-refractivity contribution in [3.63, 3.8) is 0 Å². The first kappa shape index (κ1) is 18.4. The molecule has 1 aromatic carbocycles. The molecule has 6 nitrogen and oxygen atoms in total. The van der Waals surface area contributed by atoms with Gasteiger partial charge in [-0.05, 0) is 64.5 Å². The van der Waals surface area contributed by atoms with Crippen LogP contribution in [0.2, 0.25) is 0 Å². The lowest BCUT2D eigenvalue weighted by atomic mass is 9.89. The van der Waals surface area contributed by atoms with Gasteiger partial charge < -0.3 is 14.4 Å². The van der Waals surface area contributed by atoms with Crippen molar-refractivity contribution < 1.29 is 17.4 Å². The Labute approximate surface area is 149 Å². The van der Waals surface area contributed by atoms with E-state index in [4.69, 9.17) is 4.18 Å². The fourth-order valence-electron chi connectivity index (χ4n) is 3.48. The van der Waals surface area contributed by atoms with Crippen molar-refractivity contribution in [1.29, 1.82) is 0 Å². The number of Topliss-reactive ketones (excluding diaryl/α,β-unsaturated/α-hetero) is 1. The quantitative estimate of drug-likeness (QED) is 0.631. The van der Waals surface area contributed by atoms with Crippen molar-refractivity contribution >= 4 is 15.9 Å². The van der Waals surface area contributed by atoms with E-state index in [0.29, 0.717) is 18.5 Å². The van der Waals surface area contributed by atoms with Crippen molar-refractivity contribution in [2.45, 2.75) is 30.9 Å². The Balaban J connectivity index is 1.69. The maximum atomic E-state index is 12.7. The highest BCUT2D eigenvalue weighted by molar-refractivity contribution is 7.87. The lowest BCUT2D eigenvalue weighted by molar-refractivity contribution is 0.0856. The molecule has 0 amide bonds. The molecule has 2 aliphatic rings. The van der Waals surface area contributed by atoms with E-state index in [9.17, 15) is 13.2 Å². The van der Waals surface area contributed by atoms with Crippen LogP contribution < -0.4 is 9.50 Å². The maximum Gasteiger partial charge on any atom is 0.313 e. The number of hydrogen-bond acceptors (Lipinski definition) is 6. The molecule has 1 N–H and O–H groups in total. The molecular weight excluding hydrogens is 340 g/mol. The largest absolute Gasteiger partial charge is 0.382 e. The van der Waals surface area contributed by atoms with Crippen molar-refractivity contribution in [3.05, 3.63) is 29.8 Å². The fraction of sp³-hybridized carbons (Fsp3) is 0.611. The molecule has 2 aliphatic heterocycles. The predicted molar refractivity (Wildman–Crippen MR) is 96.4 cm³/mol. The molecular formula is C18H26N2O4S. The normalized spacial score (nSPS) is 23.3. The van der Waals surface area contributed by atoms with Crippen LogP contribution in [0.3, 0.4) is 0 Å². The van der Waals surface area contributed by atoms with E-state index in [1.807, 2.05) is 0 Å². The fourth-order valence-corrected chi connectivity index (χ4v) is 4.76. The minimum absolute atomic E-state index is 0.00519. The molecule has 25 heavy (non-hydrogen) atoms. The summed E-state index contributed by atoms with van der Waals surface area (Å²) < 4.78 is 30.2. The zero-order chi connectivity index (χ0) is 17.9. The number of benzene rings is 1. The Morgan fingerprint density at radius 2 is 2.00 bits per heavy atom. The van der Waals surface area contributed by atoms with Crippen LogP contribution in [-0.2, 0) is 10.1 Å². The van der Waals surface area contributed by atoms with E-state index in [0.717, 1.165) is 38.9 Å². The number of likely N-dealkylation sites (tertiary alicyclic amines) is 1. The summed E-state index contributed by atoms with van der Waals surface area (Å²) in [6.45, 7) is 3.08. The summed E-state index contributed by atoms with van der Waals surface area (Å²) in [5.74, 6) is 0.310. The number of nitrogens with one attached hydrogen (secondary N) is 1. The van der Waals surface area contributed by atoms with Crippen LogP contribution >= 0.6 is 0 Å². The van der Waals surface area contributed by atoms with Crippen molar-refractivity contribution in [2.75, 3.05) is 33.2 Å². The Kier molecular flexibility index (Phi) is 5.76. The average molecular weight is 366 g/mol. The zero-order valence-corrected chi connectivity index (χ0v) is 15.4. The molecule has 0 aliphatic carbocycles. The van der Waals surface area contributed by atoms with Crippen LogP contribution in [0.5, 0.6) is 5.75 Å². The number of rotatable bonds is 5. The van der Waals surface area contributed by atoms with E-state index in [1.54, 1.807) is 24.3 Å². The average Bonchev–Trinajstić information content (AvgIpc) is 2.62. The summed E-state index contributed by atoms with van der Waals surface area (Å²) in [7, 11) is -1.64. The molecule has 1 unspecified atom stereocenters. The van der Waals surface area contributed by atoms with Gasteiger partial charge in [0.1, 0.15) is 11.0 Å². The summed E-state index contributed by atoms with van der Waals surface area (Å²) in [6.07, 6.45) is 3.10. The summed E-state index contributed by atoms with van der Waals surface area (Å²) in [4.78, 5) is 14.9. The third kappa shape index (κ3) is 4.59. The molecule has 138 valence electrons. The Bertz CT molecular complexity index is 706. The van der Waals surface area contributed by atoms with Gasteiger partial charge in [-0.1, -0.05) is 12.1 Å². The van der Waals surface area contributed by atoms with Gasteiger partial charge in [-0.2, -0.15) is 8.42 Å². The molecule has 1 aromatic rings. The van der Waals surface area contributed by atoms with Gasteiger partial charge in [0.2, 0.25) is 0 Å². The molecule has 0 spiro atoms. The standard InChI is InChI=1S/C18H26N2O4S/c1-20-10-7-14(8-11-20)18(21)15-4-2-5-16(12-15)24-25(22,23)17-6-3-9-19-13-17/h2,4-5,12,14,17,19H,3,6-11,13H2,1H3. The van der Waals surface area contributed by atoms with Crippen molar-refractivity contribution in [1.82, 2.24) is 10.2 Å². The molecule has 2 heterocycles. The van der Waals surface area contributed by atoms with E-state index >= 15 is 0 Å². The van der Waals surface area contributed by atoms with Crippen LogP contribution in [0.1, 0.15) is 36.0 Å². The van der Waals surface area contributed by atoms with Gasteiger partial charge in [0.15, 0.2) is 5.78 Å². The van der Waals surface area contributed by atoms with Crippen molar-refractivity contribution in [3.8, 4) is 5.75 Å². The first-order valence-corrected chi connectivity index (χ1v) is 10.4. The lowest BCUT2D eigenvalue weighted by Gasteiger charge is -2.28. The van der Waals surface area contributed by atoms with Crippen molar-refractivity contribution in [2.24, 2.45) is 5.92 Å². The van der Waals surface area contributed by atoms with Crippen LogP contribution in [0.15, 0.2) is 24.3 Å². The second kappa shape index (κ2) is 7.85. The highest BCUT2D eigenvalue weighted by Gasteiger charge is 2.30. The number of hydrogen-bond donors (Lipinski definition) is 1. The lowest BCUT2D eigenvalue weighted by Crippen LogP contribution is -2.40. The van der Waals surface area contributed by atoms with Gasteiger partial charge in [-0.3, -0.25) is 4.79 Å². The van der Waals surface area contributed by atoms with Gasteiger partial charge in [0.25, 0.3) is 0 Å². The smallest absolute Gasteiger partial charge is 0.313 e. The zero-order valence-electron chi connectivity index (χ0n) is 14.6. The summed E-state index contributed by atoms with van der Waals surface area (Å²) in [5.41, 5.74) is 0.532. The van der Waals surface area contributed by atoms with E-state index in [-0.39, 0.29) is 17.5 Å². The predicted octanol–water partition coefficient (Wildman–Crippen LogP) is 1.67. The van der Waals surface area contributed by atoms with E-state index < -0.39 is 15.4 Å². The third-order valence-electron chi connectivity index (χ3n) is 5.08. The summed E-state index contributed by atoms with van der Waals surface area (Å²) >= 11 is 0. The molecule has 0 radical (unpaired) electrons. The van der Waals surface area contributed by atoms with Crippen LogP contribution in [0.4, 0.5) is 0 Å². The number of carbonyl (C=O) groups is 1. The van der Waals surface area contributed by atoms with Gasteiger partial charge in [-0.15, -0.1) is 0 Å². The molecule has 0 aromatic heterocycles. The van der Waals surface area contributed by atoms with Gasteiger partial charge in [0, 0.05) is 18.0 Å². The summed E-state index contributed by atoms with van der Waals surface area (Å²) in [5, 5.41) is 2.55. The van der Waals surface area contributed by atoms with Crippen LogP contribution in [-0.4, -0.2) is 57.6 Å². The van der Waals surface area contributed by atoms with E-state index in [2.05, 4.69) is 17.3 Å². The molecule has 7 heteroatoms. The number of ketones is 1. The maximum absolute atomic E-state index is 12.7. The molecule has 3 rings (SSSR count). The van der Waals surface area contributed by atoms with Gasteiger partial charge in [-0.25, -0.2) is 0 Å². The molecule has 0 bridgehead atoms. The number of nitrogens with zero attached hydrogens (tertiary/aromatic N) is 1. The number of carbonyl (C=O) groups excluding carboxylic acids is 1. The minimum Gasteiger partial charge on any atom is -0.382 e. The molecule has 1 atom stereocenters. The Morgan fingerprint density at radius 1 is 1.24 bits per heavy atom. The third-order valence-corrected chi connectivity index (χ3v) is 6.72.